The van der Waals surface area contributed by atoms with Crippen molar-refractivity contribution in [2.24, 2.45) is 5.92 Å². The quantitative estimate of drug-likeness (QED) is 0.484. The van der Waals surface area contributed by atoms with Crippen LogP contribution in [0.2, 0.25) is 0 Å². The molecule has 2 N–H and O–H groups in total. The molecule has 3 atom stereocenters. The molecule has 0 bridgehead atoms. The molecule has 0 saturated carbocycles. The number of allylic oxidation sites excluding steroid dienone is 2. The van der Waals surface area contributed by atoms with Gasteiger partial charge in [-0.25, -0.2) is 8.42 Å². The molecule has 0 aromatic heterocycles. The summed E-state index contributed by atoms with van der Waals surface area (Å²) in [6, 6.07) is 20.4. The maximum atomic E-state index is 13.1. The summed E-state index contributed by atoms with van der Waals surface area (Å²) >= 11 is 0. The fourth-order valence-corrected chi connectivity index (χ4v) is 5.85. The Hall–Kier alpha value is -3.45. The molecular formula is C26H26N2O4S. The Balaban J connectivity index is 1.44. The first kappa shape index (κ1) is 21.4. The molecule has 170 valence electrons. The van der Waals surface area contributed by atoms with Crippen LogP contribution in [-0.4, -0.2) is 22.6 Å². The lowest BCUT2D eigenvalue weighted by Gasteiger charge is -2.37. The van der Waals surface area contributed by atoms with Gasteiger partial charge in [-0.05, 0) is 78.1 Å². The van der Waals surface area contributed by atoms with E-state index in [4.69, 9.17) is 9.47 Å². The number of ether oxygens (including phenoxy) is 2. The zero-order valence-corrected chi connectivity index (χ0v) is 19.3. The third-order valence-corrected chi connectivity index (χ3v) is 7.84. The van der Waals surface area contributed by atoms with Crippen molar-refractivity contribution >= 4 is 21.4 Å². The molecule has 1 heterocycles. The van der Waals surface area contributed by atoms with Crippen molar-refractivity contribution in [1.29, 1.82) is 0 Å². The van der Waals surface area contributed by atoms with Crippen LogP contribution in [0.1, 0.15) is 29.5 Å². The molecular weight excluding hydrogens is 436 g/mol. The topological polar surface area (TPSA) is 76.7 Å². The minimum atomic E-state index is -3.73. The third-order valence-electron chi connectivity index (χ3n) is 6.46. The Morgan fingerprint density at radius 3 is 2.24 bits per heavy atom. The Labute approximate surface area is 194 Å². The van der Waals surface area contributed by atoms with Gasteiger partial charge in [0.1, 0.15) is 11.5 Å². The van der Waals surface area contributed by atoms with E-state index in [-0.39, 0.29) is 16.9 Å². The molecule has 6 nitrogen and oxygen atoms in total. The minimum absolute atomic E-state index is 0.142. The molecule has 0 spiro atoms. The van der Waals surface area contributed by atoms with Crippen LogP contribution in [0.25, 0.3) is 0 Å². The van der Waals surface area contributed by atoms with E-state index in [2.05, 4.69) is 34.3 Å². The Morgan fingerprint density at radius 2 is 1.58 bits per heavy atom. The van der Waals surface area contributed by atoms with Gasteiger partial charge in [-0.15, -0.1) is 0 Å². The van der Waals surface area contributed by atoms with Gasteiger partial charge in [-0.1, -0.05) is 24.3 Å². The molecule has 0 amide bonds. The summed E-state index contributed by atoms with van der Waals surface area (Å²) < 4.78 is 39.3. The average molecular weight is 463 g/mol. The van der Waals surface area contributed by atoms with Gasteiger partial charge < -0.3 is 14.8 Å². The SMILES string of the molecule is COc1ccc(NS(=O)(=O)c2ccc3c(c2)[C@H]2C=CC[C@H]2[C@@H](c2ccc(OC)cc2)N3)cc1. The van der Waals surface area contributed by atoms with Crippen LogP contribution in [0.15, 0.2) is 83.8 Å². The summed E-state index contributed by atoms with van der Waals surface area (Å²) in [6.45, 7) is 0. The van der Waals surface area contributed by atoms with Crippen molar-refractivity contribution < 1.29 is 17.9 Å². The molecule has 2 aliphatic rings. The Kier molecular flexibility index (Phi) is 5.50. The van der Waals surface area contributed by atoms with Crippen molar-refractivity contribution in [1.82, 2.24) is 0 Å². The summed E-state index contributed by atoms with van der Waals surface area (Å²) in [5.74, 6) is 1.97. The predicted molar refractivity (Wildman–Crippen MR) is 130 cm³/mol. The number of hydrogen-bond acceptors (Lipinski definition) is 5. The lowest BCUT2D eigenvalue weighted by atomic mass is 9.77. The number of nitrogens with one attached hydrogen (secondary N) is 2. The molecule has 0 unspecified atom stereocenters. The van der Waals surface area contributed by atoms with E-state index in [9.17, 15) is 8.42 Å². The number of rotatable bonds is 6. The number of benzene rings is 3. The first-order chi connectivity index (χ1) is 16.0. The van der Waals surface area contributed by atoms with Crippen molar-refractivity contribution in [3.8, 4) is 11.5 Å². The van der Waals surface area contributed by atoms with Gasteiger partial charge in [0, 0.05) is 17.3 Å². The highest BCUT2D eigenvalue weighted by Crippen LogP contribution is 2.50. The second kappa shape index (κ2) is 8.48. The van der Waals surface area contributed by atoms with Crippen molar-refractivity contribution in [3.05, 3.63) is 90.0 Å². The van der Waals surface area contributed by atoms with Crippen LogP contribution in [0.3, 0.4) is 0 Å². The first-order valence-corrected chi connectivity index (χ1v) is 12.3. The maximum Gasteiger partial charge on any atom is 0.261 e. The Morgan fingerprint density at radius 1 is 0.909 bits per heavy atom. The first-order valence-electron chi connectivity index (χ1n) is 10.9. The average Bonchev–Trinajstić information content (AvgIpc) is 3.34. The predicted octanol–water partition coefficient (Wildman–Crippen LogP) is 5.33. The fraction of sp³-hybridized carbons (Fsp3) is 0.231. The number of fused-ring (bicyclic) bond motifs is 3. The number of hydrogen-bond donors (Lipinski definition) is 2. The van der Waals surface area contributed by atoms with Gasteiger partial charge in [-0.2, -0.15) is 0 Å². The number of methoxy groups -OCH3 is 2. The molecule has 7 heteroatoms. The minimum Gasteiger partial charge on any atom is -0.497 e. The van der Waals surface area contributed by atoms with Gasteiger partial charge in [0.2, 0.25) is 0 Å². The second-order valence-electron chi connectivity index (χ2n) is 8.33. The Bertz CT molecular complexity index is 1280. The molecule has 3 aromatic carbocycles. The summed E-state index contributed by atoms with van der Waals surface area (Å²) in [5, 5.41) is 3.65. The molecule has 5 rings (SSSR count). The molecule has 1 aliphatic carbocycles. The van der Waals surface area contributed by atoms with Crippen LogP contribution < -0.4 is 19.5 Å². The van der Waals surface area contributed by atoms with E-state index in [1.807, 2.05) is 18.2 Å². The molecule has 0 radical (unpaired) electrons. The van der Waals surface area contributed by atoms with E-state index in [1.54, 1.807) is 50.6 Å². The lowest BCUT2D eigenvalue weighted by Crippen LogP contribution is -2.29. The largest absolute Gasteiger partial charge is 0.497 e. The second-order valence-corrected chi connectivity index (χ2v) is 10.0. The highest BCUT2D eigenvalue weighted by atomic mass is 32.2. The standard InChI is InChI=1S/C26H26N2O4S/c1-31-19-10-6-17(7-11-19)26-23-5-3-4-22(23)24-16-21(14-15-25(24)27-26)33(29,30)28-18-8-12-20(32-2)13-9-18/h3-4,6-16,22-23,26-28H,5H2,1-2H3/t22-,23+,26+/m0/s1. The fourth-order valence-electron chi connectivity index (χ4n) is 4.75. The third kappa shape index (κ3) is 4.04. The smallest absolute Gasteiger partial charge is 0.261 e. The monoisotopic (exact) mass is 462 g/mol. The summed E-state index contributed by atoms with van der Waals surface area (Å²) in [7, 11) is -0.489. The zero-order valence-electron chi connectivity index (χ0n) is 18.5. The summed E-state index contributed by atoms with van der Waals surface area (Å²) in [6.07, 6.45) is 5.34. The normalized spacial score (nSPS) is 21.0. The zero-order chi connectivity index (χ0) is 23.0. The van der Waals surface area contributed by atoms with E-state index in [1.165, 1.54) is 5.56 Å². The molecule has 3 aromatic rings. The maximum absolute atomic E-state index is 13.1. The van der Waals surface area contributed by atoms with Gasteiger partial charge in [0.15, 0.2) is 0 Å². The van der Waals surface area contributed by atoms with Crippen molar-refractivity contribution in [3.63, 3.8) is 0 Å². The number of anilines is 2. The summed E-state index contributed by atoms with van der Waals surface area (Å²) in [5.41, 5.74) is 3.66. The molecule has 33 heavy (non-hydrogen) atoms. The van der Waals surface area contributed by atoms with E-state index >= 15 is 0 Å². The van der Waals surface area contributed by atoms with Gasteiger partial charge in [0.25, 0.3) is 10.0 Å². The van der Waals surface area contributed by atoms with Gasteiger partial charge in [0.05, 0.1) is 25.2 Å². The molecule has 0 fully saturated rings. The van der Waals surface area contributed by atoms with Crippen molar-refractivity contribution in [2.75, 3.05) is 24.3 Å². The highest BCUT2D eigenvalue weighted by Gasteiger charge is 2.38. The molecule has 0 saturated heterocycles. The molecule has 1 aliphatic heterocycles. The van der Waals surface area contributed by atoms with Crippen LogP contribution in [0.4, 0.5) is 11.4 Å². The van der Waals surface area contributed by atoms with Crippen LogP contribution >= 0.6 is 0 Å². The highest BCUT2D eigenvalue weighted by molar-refractivity contribution is 7.92. The number of sulfonamides is 1. The van der Waals surface area contributed by atoms with Crippen molar-refractivity contribution in [2.45, 2.75) is 23.3 Å². The summed E-state index contributed by atoms with van der Waals surface area (Å²) in [4.78, 5) is 0.251. The van der Waals surface area contributed by atoms with Gasteiger partial charge in [-0.3, -0.25) is 4.72 Å². The van der Waals surface area contributed by atoms with E-state index in [0.29, 0.717) is 17.4 Å². The van der Waals surface area contributed by atoms with Crippen LogP contribution in [0, 0.1) is 5.92 Å². The lowest BCUT2D eigenvalue weighted by molar-refractivity contribution is 0.411. The van der Waals surface area contributed by atoms with E-state index in [0.717, 1.165) is 23.4 Å². The van der Waals surface area contributed by atoms with E-state index < -0.39 is 10.0 Å². The van der Waals surface area contributed by atoms with Crippen LogP contribution in [0.5, 0.6) is 11.5 Å². The van der Waals surface area contributed by atoms with Crippen LogP contribution in [-0.2, 0) is 10.0 Å². The van der Waals surface area contributed by atoms with Gasteiger partial charge >= 0.3 is 0 Å².